The Bertz CT molecular complexity index is 721. The van der Waals surface area contributed by atoms with Gasteiger partial charge in [0.05, 0.1) is 13.2 Å². The van der Waals surface area contributed by atoms with Gasteiger partial charge in [-0.3, -0.25) is 9.59 Å². The van der Waals surface area contributed by atoms with Gasteiger partial charge in [-0.1, -0.05) is 18.2 Å². The number of carbonyl (C=O) groups is 2. The zero-order chi connectivity index (χ0) is 16.7. The van der Waals surface area contributed by atoms with Crippen molar-refractivity contribution in [3.8, 4) is 11.8 Å². The Balaban J connectivity index is 2.03. The Kier molecular flexibility index (Phi) is 5.42. The molecule has 0 saturated carbocycles. The van der Waals surface area contributed by atoms with Crippen LogP contribution in [0.2, 0.25) is 0 Å². The van der Waals surface area contributed by atoms with Crippen LogP contribution in [0, 0.1) is 17.2 Å². The number of ketones is 1. The molecule has 0 aliphatic carbocycles. The lowest BCUT2D eigenvalue weighted by atomic mass is 9.98. The van der Waals surface area contributed by atoms with Crippen LogP contribution in [0.1, 0.15) is 5.56 Å². The average Bonchev–Trinajstić information content (AvgIpc) is 2.57. The van der Waals surface area contributed by atoms with Gasteiger partial charge in [0.2, 0.25) is 0 Å². The molecule has 1 amide bonds. The maximum atomic E-state index is 12.2. The molecule has 0 bridgehead atoms. The number of anilines is 1. The maximum absolute atomic E-state index is 12.2. The number of amides is 1. The zero-order valence-corrected chi connectivity index (χ0v) is 12.5. The quantitative estimate of drug-likeness (QED) is 0.824. The highest BCUT2D eigenvalue weighted by molar-refractivity contribution is 6.09. The molecule has 1 N–H and O–H groups in total. The van der Waals surface area contributed by atoms with Gasteiger partial charge in [-0.05, 0) is 29.8 Å². The minimum atomic E-state index is -1.38. The molecule has 1 aromatic heterocycles. The number of benzene rings is 1. The van der Waals surface area contributed by atoms with Gasteiger partial charge >= 0.3 is 0 Å². The first kappa shape index (κ1) is 16.2. The van der Waals surface area contributed by atoms with E-state index in [1.807, 2.05) is 0 Å². The van der Waals surface area contributed by atoms with Crippen LogP contribution in [0.15, 0.2) is 48.7 Å². The molecule has 6 nitrogen and oxygen atoms in total. The fourth-order valence-electron chi connectivity index (χ4n) is 1.96. The molecule has 1 heterocycles. The van der Waals surface area contributed by atoms with Crippen LogP contribution < -0.4 is 10.1 Å². The molecule has 1 atom stereocenters. The molecule has 0 aliphatic rings. The average molecular weight is 309 g/mol. The minimum Gasteiger partial charge on any atom is -0.497 e. The SMILES string of the molecule is COc1ccc(CC(=O)C(C#N)C(=O)Nc2ccccn2)cc1. The molecule has 6 heteroatoms. The smallest absolute Gasteiger partial charge is 0.250 e. The lowest BCUT2D eigenvalue weighted by Gasteiger charge is -2.09. The van der Waals surface area contributed by atoms with Crippen LogP contribution in [-0.2, 0) is 16.0 Å². The summed E-state index contributed by atoms with van der Waals surface area (Å²) in [5.74, 6) is -1.55. The second-order valence-electron chi connectivity index (χ2n) is 4.76. The number of Topliss-reactive ketones (excluding diaryl/α,β-unsaturated/α-hetero) is 1. The van der Waals surface area contributed by atoms with Gasteiger partial charge in [-0.2, -0.15) is 5.26 Å². The number of hydrogen-bond donors (Lipinski definition) is 1. The molecule has 0 aliphatic heterocycles. The Hall–Kier alpha value is -3.20. The number of methoxy groups -OCH3 is 1. The van der Waals surface area contributed by atoms with Gasteiger partial charge < -0.3 is 10.1 Å². The van der Waals surface area contributed by atoms with E-state index in [1.165, 1.54) is 6.20 Å². The van der Waals surface area contributed by atoms with Crippen molar-refractivity contribution in [1.29, 1.82) is 5.26 Å². The van der Waals surface area contributed by atoms with Crippen LogP contribution in [0.3, 0.4) is 0 Å². The van der Waals surface area contributed by atoms with Crippen molar-refractivity contribution in [2.45, 2.75) is 6.42 Å². The highest BCUT2D eigenvalue weighted by Crippen LogP contribution is 2.14. The molecular weight excluding hydrogens is 294 g/mol. The maximum Gasteiger partial charge on any atom is 0.250 e. The lowest BCUT2D eigenvalue weighted by molar-refractivity contribution is -0.128. The van der Waals surface area contributed by atoms with Crippen molar-refractivity contribution in [3.63, 3.8) is 0 Å². The van der Waals surface area contributed by atoms with E-state index in [4.69, 9.17) is 10.00 Å². The monoisotopic (exact) mass is 309 g/mol. The number of hydrogen-bond acceptors (Lipinski definition) is 5. The van der Waals surface area contributed by atoms with E-state index >= 15 is 0 Å². The van der Waals surface area contributed by atoms with Gasteiger partial charge in [0.25, 0.3) is 5.91 Å². The zero-order valence-electron chi connectivity index (χ0n) is 12.5. The number of rotatable bonds is 6. The first-order valence-electron chi connectivity index (χ1n) is 6.91. The van der Waals surface area contributed by atoms with E-state index in [-0.39, 0.29) is 6.42 Å². The number of pyridine rings is 1. The van der Waals surface area contributed by atoms with E-state index < -0.39 is 17.6 Å². The molecule has 0 radical (unpaired) electrons. The predicted octanol–water partition coefficient (Wildman–Crippen LogP) is 1.98. The molecule has 0 spiro atoms. The van der Waals surface area contributed by atoms with Crippen molar-refractivity contribution in [3.05, 3.63) is 54.2 Å². The molecule has 23 heavy (non-hydrogen) atoms. The normalized spacial score (nSPS) is 11.1. The number of aromatic nitrogens is 1. The molecule has 1 aromatic carbocycles. The van der Waals surface area contributed by atoms with Crippen molar-refractivity contribution in [2.24, 2.45) is 5.92 Å². The molecule has 2 aromatic rings. The van der Waals surface area contributed by atoms with Crippen LogP contribution in [-0.4, -0.2) is 23.8 Å². The summed E-state index contributed by atoms with van der Waals surface area (Å²) in [7, 11) is 1.55. The third-order valence-corrected chi connectivity index (χ3v) is 3.17. The minimum absolute atomic E-state index is 0.00212. The summed E-state index contributed by atoms with van der Waals surface area (Å²) in [6.07, 6.45) is 1.51. The Morgan fingerprint density at radius 3 is 2.57 bits per heavy atom. The fourth-order valence-corrected chi connectivity index (χ4v) is 1.96. The molecule has 116 valence electrons. The first-order valence-corrected chi connectivity index (χ1v) is 6.91. The van der Waals surface area contributed by atoms with Gasteiger partial charge in [0.1, 0.15) is 11.6 Å². The summed E-state index contributed by atoms with van der Waals surface area (Å²) in [4.78, 5) is 28.2. The van der Waals surface area contributed by atoms with Crippen molar-refractivity contribution in [1.82, 2.24) is 4.98 Å². The molecule has 1 unspecified atom stereocenters. The Morgan fingerprint density at radius 2 is 2.00 bits per heavy atom. The van der Waals surface area contributed by atoms with Crippen LogP contribution in [0.5, 0.6) is 5.75 Å². The highest BCUT2D eigenvalue weighted by atomic mass is 16.5. The number of carbonyl (C=O) groups excluding carboxylic acids is 2. The Morgan fingerprint density at radius 1 is 1.26 bits per heavy atom. The van der Waals surface area contributed by atoms with E-state index in [1.54, 1.807) is 55.6 Å². The van der Waals surface area contributed by atoms with Crippen LogP contribution in [0.4, 0.5) is 5.82 Å². The number of nitrogens with zero attached hydrogens (tertiary/aromatic N) is 2. The van der Waals surface area contributed by atoms with E-state index in [2.05, 4.69) is 10.3 Å². The standard InChI is InChI=1S/C17H15N3O3/c1-23-13-7-5-12(6-8-13)10-15(21)14(11-18)17(22)20-16-4-2-3-9-19-16/h2-9,14H,10H2,1H3,(H,19,20,22). The molecule has 0 saturated heterocycles. The van der Waals surface area contributed by atoms with E-state index in [0.29, 0.717) is 17.1 Å². The van der Waals surface area contributed by atoms with E-state index in [0.717, 1.165) is 0 Å². The first-order chi connectivity index (χ1) is 11.1. The fraction of sp³-hybridized carbons (Fsp3) is 0.176. The van der Waals surface area contributed by atoms with Crippen molar-refractivity contribution >= 4 is 17.5 Å². The molecule has 2 rings (SSSR count). The van der Waals surface area contributed by atoms with Gasteiger partial charge in [-0.15, -0.1) is 0 Å². The van der Waals surface area contributed by atoms with Gasteiger partial charge in [0.15, 0.2) is 11.7 Å². The van der Waals surface area contributed by atoms with E-state index in [9.17, 15) is 9.59 Å². The highest BCUT2D eigenvalue weighted by Gasteiger charge is 2.26. The van der Waals surface area contributed by atoms with Crippen LogP contribution in [0.25, 0.3) is 0 Å². The Labute approximate surface area is 133 Å². The van der Waals surface area contributed by atoms with Crippen LogP contribution >= 0.6 is 0 Å². The summed E-state index contributed by atoms with van der Waals surface area (Å²) in [6.45, 7) is 0. The van der Waals surface area contributed by atoms with Crippen molar-refractivity contribution in [2.75, 3.05) is 12.4 Å². The number of nitrogens with one attached hydrogen (secondary N) is 1. The molecular formula is C17H15N3O3. The number of ether oxygens (including phenoxy) is 1. The predicted molar refractivity (Wildman–Crippen MR) is 83.7 cm³/mol. The third-order valence-electron chi connectivity index (χ3n) is 3.17. The lowest BCUT2D eigenvalue weighted by Crippen LogP contribution is -2.30. The second kappa shape index (κ2) is 7.71. The summed E-state index contributed by atoms with van der Waals surface area (Å²) in [6, 6.07) is 13.6. The number of nitriles is 1. The van der Waals surface area contributed by atoms with Gasteiger partial charge in [0, 0.05) is 12.6 Å². The van der Waals surface area contributed by atoms with Gasteiger partial charge in [-0.25, -0.2) is 4.98 Å². The van der Waals surface area contributed by atoms with Crippen molar-refractivity contribution < 1.29 is 14.3 Å². The summed E-state index contributed by atoms with van der Waals surface area (Å²) in [5, 5.41) is 11.6. The largest absolute Gasteiger partial charge is 0.497 e. The summed E-state index contributed by atoms with van der Waals surface area (Å²) < 4.78 is 5.04. The third kappa shape index (κ3) is 4.38. The topological polar surface area (TPSA) is 92.1 Å². The second-order valence-corrected chi connectivity index (χ2v) is 4.76. The summed E-state index contributed by atoms with van der Waals surface area (Å²) >= 11 is 0. The summed E-state index contributed by atoms with van der Waals surface area (Å²) in [5.41, 5.74) is 0.710. The molecule has 0 fully saturated rings.